The fourth-order valence-electron chi connectivity index (χ4n) is 5.11. The van der Waals surface area contributed by atoms with Crippen molar-refractivity contribution in [3.63, 3.8) is 0 Å². The van der Waals surface area contributed by atoms with Gasteiger partial charge in [-0.05, 0) is 53.4 Å². The molecule has 1 aromatic rings. The maximum Gasteiger partial charge on any atom is 0.200 e. The predicted molar refractivity (Wildman–Crippen MR) is 125 cm³/mol. The summed E-state index contributed by atoms with van der Waals surface area (Å²) < 4.78 is 32.4. The van der Waals surface area contributed by atoms with E-state index in [4.69, 9.17) is 4.43 Å². The molecule has 0 spiro atoms. The van der Waals surface area contributed by atoms with Crippen molar-refractivity contribution < 1.29 is 12.8 Å². The normalized spacial score (nSPS) is 21.2. The van der Waals surface area contributed by atoms with E-state index in [0.717, 1.165) is 24.2 Å². The Hall–Kier alpha value is -0.913. The lowest BCUT2D eigenvalue weighted by atomic mass is 9.59. The van der Waals surface area contributed by atoms with Crippen molar-refractivity contribution in [1.82, 2.24) is 0 Å². The van der Waals surface area contributed by atoms with Crippen molar-refractivity contribution >= 4 is 18.2 Å². The second-order valence-corrected chi connectivity index (χ2v) is 17.5. The summed E-state index contributed by atoms with van der Waals surface area (Å²) in [6.07, 6.45) is 0.802. The molecule has 1 aromatic carbocycles. The lowest BCUT2D eigenvalue weighted by Crippen LogP contribution is -2.51. The Labute approximate surface area is 180 Å². The molecule has 1 saturated carbocycles. The molecule has 29 heavy (non-hydrogen) atoms. The molecule has 0 N–H and O–H groups in total. The first kappa shape index (κ1) is 24.4. The van der Waals surface area contributed by atoms with E-state index < -0.39 is 18.2 Å². The van der Waals surface area contributed by atoms with E-state index in [0.29, 0.717) is 27.4 Å². The van der Waals surface area contributed by atoms with E-state index in [9.17, 15) is 8.42 Å². The van der Waals surface area contributed by atoms with Crippen LogP contribution >= 0.6 is 0 Å². The lowest BCUT2D eigenvalue weighted by molar-refractivity contribution is 0.0876. The summed E-state index contributed by atoms with van der Waals surface area (Å²) in [6, 6.07) is 7.09. The molecule has 2 rings (SSSR count). The number of allylic oxidation sites excluding steroid dienone is 1. The number of rotatable bonds is 8. The van der Waals surface area contributed by atoms with E-state index in [1.807, 2.05) is 19.1 Å². The Balaban J connectivity index is 2.17. The van der Waals surface area contributed by atoms with Gasteiger partial charge in [0.25, 0.3) is 0 Å². The maximum absolute atomic E-state index is 12.8. The van der Waals surface area contributed by atoms with Gasteiger partial charge in [0.15, 0.2) is 18.2 Å². The van der Waals surface area contributed by atoms with Crippen molar-refractivity contribution in [2.75, 3.05) is 6.61 Å². The van der Waals surface area contributed by atoms with E-state index in [1.54, 1.807) is 12.1 Å². The molecule has 0 heterocycles. The molecule has 1 aliphatic rings. The SMILES string of the molecule is Cc1ccc(S(=O)(=O)C=C2CC(CO[Si](C(C)C)(C(C)C)C(C)C)C2(C)C)cc1. The fourth-order valence-corrected chi connectivity index (χ4v) is 12.0. The smallest absolute Gasteiger partial charge is 0.200 e. The Morgan fingerprint density at radius 1 is 1.03 bits per heavy atom. The predicted octanol–water partition coefficient (Wildman–Crippen LogP) is 6.89. The van der Waals surface area contributed by atoms with Crippen LogP contribution in [-0.4, -0.2) is 23.3 Å². The molecular weight excluding hydrogens is 396 g/mol. The summed E-state index contributed by atoms with van der Waals surface area (Å²) in [5, 5.41) is 1.51. The third kappa shape index (κ3) is 4.72. The molecule has 1 unspecified atom stereocenters. The van der Waals surface area contributed by atoms with Gasteiger partial charge >= 0.3 is 0 Å². The maximum atomic E-state index is 12.8. The van der Waals surface area contributed by atoms with Crippen LogP contribution in [0.25, 0.3) is 0 Å². The van der Waals surface area contributed by atoms with Gasteiger partial charge in [-0.15, -0.1) is 0 Å². The Morgan fingerprint density at radius 3 is 1.93 bits per heavy atom. The summed E-state index contributed by atoms with van der Waals surface area (Å²) in [7, 11) is -5.31. The van der Waals surface area contributed by atoms with Gasteiger partial charge < -0.3 is 4.43 Å². The quantitative estimate of drug-likeness (QED) is 0.417. The first-order valence-electron chi connectivity index (χ1n) is 10.9. The second kappa shape index (κ2) is 8.68. The average Bonchev–Trinajstić information content (AvgIpc) is 2.59. The lowest BCUT2D eigenvalue weighted by Gasteiger charge is -2.50. The molecule has 0 saturated heterocycles. The number of hydrogen-bond donors (Lipinski definition) is 0. The average molecular weight is 437 g/mol. The van der Waals surface area contributed by atoms with Crippen LogP contribution in [-0.2, 0) is 14.3 Å². The van der Waals surface area contributed by atoms with Crippen molar-refractivity contribution in [2.45, 2.75) is 90.3 Å². The fraction of sp³-hybridized carbons (Fsp3) is 0.667. The van der Waals surface area contributed by atoms with Crippen molar-refractivity contribution in [1.29, 1.82) is 0 Å². The molecule has 5 heteroatoms. The minimum absolute atomic E-state index is 0.150. The van der Waals surface area contributed by atoms with E-state index in [1.165, 1.54) is 5.41 Å². The number of hydrogen-bond acceptors (Lipinski definition) is 3. The first-order chi connectivity index (χ1) is 13.2. The highest BCUT2D eigenvalue weighted by molar-refractivity contribution is 7.94. The van der Waals surface area contributed by atoms with Gasteiger partial charge in [-0.3, -0.25) is 0 Å². The minimum Gasteiger partial charge on any atom is -0.416 e. The highest BCUT2D eigenvalue weighted by Gasteiger charge is 2.49. The zero-order chi connectivity index (χ0) is 22.2. The number of benzene rings is 1. The third-order valence-electron chi connectivity index (χ3n) is 7.20. The minimum atomic E-state index is -3.41. The van der Waals surface area contributed by atoms with Crippen molar-refractivity contribution in [3.05, 3.63) is 40.8 Å². The van der Waals surface area contributed by atoms with Crippen LogP contribution in [0.4, 0.5) is 0 Å². The molecule has 0 radical (unpaired) electrons. The standard InChI is InChI=1S/C24H40O3SSi/c1-17(2)29(18(3)4,19(5)6)27-15-21-14-22(24(21,8)9)16-28(25,26)23-12-10-20(7)11-13-23/h10-13,16-19,21H,14-15H2,1-9H3. The van der Waals surface area contributed by atoms with E-state index >= 15 is 0 Å². The van der Waals surface area contributed by atoms with Gasteiger partial charge in [0, 0.05) is 12.0 Å². The van der Waals surface area contributed by atoms with Gasteiger partial charge in [0.2, 0.25) is 0 Å². The number of sulfone groups is 1. The molecular formula is C24H40O3SSi. The molecule has 0 amide bonds. The molecule has 1 atom stereocenters. The van der Waals surface area contributed by atoms with Gasteiger partial charge in [-0.2, -0.15) is 0 Å². The van der Waals surface area contributed by atoms with Crippen LogP contribution in [0.15, 0.2) is 40.1 Å². The number of aryl methyl sites for hydroxylation is 1. The summed E-state index contributed by atoms with van der Waals surface area (Å²) in [6.45, 7) is 20.8. The summed E-state index contributed by atoms with van der Waals surface area (Å²) in [5.41, 5.74) is 3.60. The van der Waals surface area contributed by atoms with Gasteiger partial charge in [0.05, 0.1) is 4.90 Å². The summed E-state index contributed by atoms with van der Waals surface area (Å²) in [4.78, 5) is 0.372. The van der Waals surface area contributed by atoms with Crippen LogP contribution in [0, 0.1) is 18.3 Å². The topological polar surface area (TPSA) is 43.4 Å². The third-order valence-corrected chi connectivity index (χ3v) is 14.8. The Morgan fingerprint density at radius 2 is 1.52 bits per heavy atom. The zero-order valence-corrected chi connectivity index (χ0v) is 21.6. The van der Waals surface area contributed by atoms with Gasteiger partial charge in [0.1, 0.15) is 0 Å². The van der Waals surface area contributed by atoms with Crippen molar-refractivity contribution in [2.24, 2.45) is 11.3 Å². The first-order valence-corrected chi connectivity index (χ1v) is 14.6. The Bertz CT molecular complexity index is 812. The highest BCUT2D eigenvalue weighted by atomic mass is 32.2. The summed E-state index contributed by atoms with van der Waals surface area (Å²) in [5.74, 6) is 0.366. The zero-order valence-electron chi connectivity index (χ0n) is 19.7. The Kier molecular flexibility index (Phi) is 7.29. The second-order valence-electron chi connectivity index (χ2n) is 10.3. The summed E-state index contributed by atoms with van der Waals surface area (Å²) >= 11 is 0. The monoisotopic (exact) mass is 436 g/mol. The van der Waals surface area contributed by atoms with Crippen LogP contribution in [0.3, 0.4) is 0 Å². The highest BCUT2D eigenvalue weighted by Crippen LogP contribution is 2.53. The molecule has 164 valence electrons. The molecule has 3 nitrogen and oxygen atoms in total. The van der Waals surface area contributed by atoms with Crippen molar-refractivity contribution in [3.8, 4) is 0 Å². The van der Waals surface area contributed by atoms with Crippen LogP contribution in [0.1, 0.15) is 67.4 Å². The van der Waals surface area contributed by atoms with Gasteiger partial charge in [-0.1, -0.05) is 78.7 Å². The van der Waals surface area contributed by atoms with E-state index in [2.05, 4.69) is 55.4 Å². The van der Waals surface area contributed by atoms with Crippen LogP contribution < -0.4 is 0 Å². The molecule has 0 aromatic heterocycles. The van der Waals surface area contributed by atoms with E-state index in [-0.39, 0.29) is 5.41 Å². The molecule has 1 aliphatic carbocycles. The largest absolute Gasteiger partial charge is 0.416 e. The van der Waals surface area contributed by atoms with Gasteiger partial charge in [-0.25, -0.2) is 8.42 Å². The molecule has 1 fully saturated rings. The van der Waals surface area contributed by atoms with Crippen LogP contribution in [0.5, 0.6) is 0 Å². The molecule has 0 aliphatic heterocycles. The molecule has 0 bridgehead atoms. The van der Waals surface area contributed by atoms with Crippen LogP contribution in [0.2, 0.25) is 16.6 Å².